The number of fused-ring (bicyclic) bond motifs is 1. The maximum absolute atomic E-state index is 13.2. The van der Waals surface area contributed by atoms with Gasteiger partial charge in [0.25, 0.3) is 5.91 Å². The van der Waals surface area contributed by atoms with Crippen LogP contribution in [-0.2, 0) is 0 Å². The smallest absolute Gasteiger partial charge is 0.254 e. The maximum Gasteiger partial charge on any atom is 0.254 e. The molecule has 0 unspecified atom stereocenters. The molecular weight excluding hydrogens is 336 g/mol. The fourth-order valence-electron chi connectivity index (χ4n) is 3.98. The standard InChI is InChI=1S/C23H24N2O2/c1-15-3-8-22-20(13-15)21(14-16(2)24-22)23(27)25-11-9-18(10-12-25)17-4-6-19(26)7-5-17/h3-8,13-14,18,26H,9-12H2,1-2H3. The quantitative estimate of drug-likeness (QED) is 0.728. The van der Waals surface area contributed by atoms with Crippen molar-refractivity contribution in [2.75, 3.05) is 13.1 Å². The van der Waals surface area contributed by atoms with Gasteiger partial charge < -0.3 is 10.0 Å². The van der Waals surface area contributed by atoms with Crippen molar-refractivity contribution in [1.29, 1.82) is 0 Å². The molecule has 3 aromatic rings. The third-order valence-electron chi connectivity index (χ3n) is 5.47. The Morgan fingerprint density at radius 1 is 1.04 bits per heavy atom. The van der Waals surface area contributed by atoms with Gasteiger partial charge in [-0.15, -0.1) is 0 Å². The van der Waals surface area contributed by atoms with Gasteiger partial charge in [0.15, 0.2) is 0 Å². The number of pyridine rings is 1. The average molecular weight is 360 g/mol. The van der Waals surface area contributed by atoms with Crippen LogP contribution >= 0.6 is 0 Å². The van der Waals surface area contributed by atoms with Gasteiger partial charge in [-0.3, -0.25) is 9.78 Å². The molecule has 0 spiro atoms. The number of piperidine rings is 1. The molecule has 0 saturated carbocycles. The zero-order chi connectivity index (χ0) is 19.0. The van der Waals surface area contributed by atoms with Crippen LogP contribution in [0.3, 0.4) is 0 Å². The largest absolute Gasteiger partial charge is 0.508 e. The molecule has 1 aliphatic rings. The Labute approximate surface area is 159 Å². The van der Waals surface area contributed by atoms with Gasteiger partial charge in [-0.05, 0) is 68.5 Å². The van der Waals surface area contributed by atoms with E-state index in [0.717, 1.165) is 53.7 Å². The van der Waals surface area contributed by atoms with Crippen molar-refractivity contribution in [3.05, 3.63) is 70.9 Å². The molecule has 1 fully saturated rings. The van der Waals surface area contributed by atoms with Crippen LogP contribution in [0.2, 0.25) is 0 Å². The van der Waals surface area contributed by atoms with E-state index in [2.05, 4.69) is 11.1 Å². The lowest BCUT2D eigenvalue weighted by Gasteiger charge is -2.32. The number of amides is 1. The maximum atomic E-state index is 13.2. The summed E-state index contributed by atoms with van der Waals surface area (Å²) in [7, 11) is 0. The molecule has 138 valence electrons. The fraction of sp³-hybridized carbons (Fsp3) is 0.304. The number of hydrogen-bond donors (Lipinski definition) is 1. The fourth-order valence-corrected chi connectivity index (χ4v) is 3.98. The number of aromatic hydroxyl groups is 1. The van der Waals surface area contributed by atoms with Crippen molar-refractivity contribution < 1.29 is 9.90 Å². The lowest BCUT2D eigenvalue weighted by Crippen LogP contribution is -2.38. The van der Waals surface area contributed by atoms with E-state index in [4.69, 9.17) is 0 Å². The van der Waals surface area contributed by atoms with Gasteiger partial charge >= 0.3 is 0 Å². The number of carbonyl (C=O) groups excluding carboxylic acids is 1. The summed E-state index contributed by atoms with van der Waals surface area (Å²) >= 11 is 0. The van der Waals surface area contributed by atoms with Crippen molar-refractivity contribution >= 4 is 16.8 Å². The van der Waals surface area contributed by atoms with Gasteiger partial charge in [-0.1, -0.05) is 23.8 Å². The van der Waals surface area contributed by atoms with E-state index >= 15 is 0 Å². The molecule has 1 saturated heterocycles. The Bertz CT molecular complexity index is 987. The SMILES string of the molecule is Cc1ccc2nc(C)cc(C(=O)N3CCC(c4ccc(O)cc4)CC3)c2c1. The molecule has 4 nitrogen and oxygen atoms in total. The van der Waals surface area contributed by atoms with Crippen molar-refractivity contribution in [2.24, 2.45) is 0 Å². The summed E-state index contributed by atoms with van der Waals surface area (Å²) in [6.45, 7) is 5.47. The summed E-state index contributed by atoms with van der Waals surface area (Å²) in [6, 6.07) is 15.4. The molecular formula is C23H24N2O2. The number of carbonyl (C=O) groups is 1. The number of hydrogen-bond acceptors (Lipinski definition) is 3. The Balaban J connectivity index is 1.55. The predicted molar refractivity (Wildman–Crippen MR) is 107 cm³/mol. The Morgan fingerprint density at radius 3 is 2.44 bits per heavy atom. The van der Waals surface area contributed by atoms with E-state index < -0.39 is 0 Å². The van der Waals surface area contributed by atoms with E-state index in [9.17, 15) is 9.90 Å². The van der Waals surface area contributed by atoms with Gasteiger partial charge in [0.05, 0.1) is 11.1 Å². The number of rotatable bonds is 2. The van der Waals surface area contributed by atoms with Gasteiger partial charge in [0.2, 0.25) is 0 Å². The topological polar surface area (TPSA) is 53.4 Å². The highest BCUT2D eigenvalue weighted by atomic mass is 16.3. The summed E-state index contributed by atoms with van der Waals surface area (Å²) in [5.41, 5.74) is 4.87. The van der Waals surface area contributed by atoms with Crippen molar-refractivity contribution in [2.45, 2.75) is 32.6 Å². The van der Waals surface area contributed by atoms with Crippen molar-refractivity contribution in [3.8, 4) is 5.75 Å². The Kier molecular flexibility index (Phi) is 4.56. The van der Waals surface area contributed by atoms with Crippen molar-refractivity contribution in [3.63, 3.8) is 0 Å². The molecule has 2 aromatic carbocycles. The predicted octanol–water partition coefficient (Wildman–Crippen LogP) is 4.58. The molecule has 27 heavy (non-hydrogen) atoms. The normalized spacial score (nSPS) is 15.3. The zero-order valence-corrected chi connectivity index (χ0v) is 15.8. The molecule has 1 aromatic heterocycles. The van der Waals surface area contributed by atoms with Gasteiger partial charge in [0, 0.05) is 24.2 Å². The molecule has 2 heterocycles. The number of aryl methyl sites for hydroxylation is 2. The first-order valence-corrected chi connectivity index (χ1v) is 9.47. The zero-order valence-electron chi connectivity index (χ0n) is 15.8. The average Bonchev–Trinajstić information content (AvgIpc) is 2.68. The van der Waals surface area contributed by atoms with E-state index in [1.54, 1.807) is 12.1 Å². The van der Waals surface area contributed by atoms with Gasteiger partial charge in [0.1, 0.15) is 5.75 Å². The molecule has 4 heteroatoms. The second kappa shape index (κ2) is 7.03. The molecule has 1 amide bonds. The molecule has 1 aliphatic heterocycles. The number of nitrogens with zero attached hydrogens (tertiary/aromatic N) is 2. The number of likely N-dealkylation sites (tertiary alicyclic amines) is 1. The number of aromatic nitrogens is 1. The minimum absolute atomic E-state index is 0.0975. The minimum Gasteiger partial charge on any atom is -0.508 e. The number of phenolic OH excluding ortho intramolecular Hbond substituents is 1. The first kappa shape index (κ1) is 17.5. The van der Waals surface area contributed by atoms with Crippen LogP contribution in [0, 0.1) is 13.8 Å². The van der Waals surface area contributed by atoms with Crippen LogP contribution in [-0.4, -0.2) is 34.0 Å². The number of phenols is 1. The molecule has 0 bridgehead atoms. The Hall–Kier alpha value is -2.88. The van der Waals surface area contributed by atoms with Crippen LogP contribution in [0.4, 0.5) is 0 Å². The van der Waals surface area contributed by atoms with Crippen LogP contribution in [0.5, 0.6) is 5.75 Å². The van der Waals surface area contributed by atoms with E-state index in [-0.39, 0.29) is 5.91 Å². The monoisotopic (exact) mass is 360 g/mol. The summed E-state index contributed by atoms with van der Waals surface area (Å²) in [6.07, 6.45) is 1.88. The molecule has 1 N–H and O–H groups in total. The summed E-state index contributed by atoms with van der Waals surface area (Å²) in [4.78, 5) is 19.8. The summed E-state index contributed by atoms with van der Waals surface area (Å²) in [5.74, 6) is 0.828. The van der Waals surface area contributed by atoms with Crippen LogP contribution in [0.25, 0.3) is 10.9 Å². The van der Waals surface area contributed by atoms with Crippen LogP contribution < -0.4 is 0 Å². The molecule has 0 aliphatic carbocycles. The van der Waals surface area contributed by atoms with Crippen LogP contribution in [0.15, 0.2) is 48.5 Å². The van der Waals surface area contributed by atoms with E-state index in [1.165, 1.54) is 5.56 Å². The highest BCUT2D eigenvalue weighted by molar-refractivity contribution is 6.06. The van der Waals surface area contributed by atoms with Gasteiger partial charge in [-0.25, -0.2) is 0 Å². The minimum atomic E-state index is 0.0975. The third kappa shape index (κ3) is 3.52. The highest BCUT2D eigenvalue weighted by Crippen LogP contribution is 2.30. The summed E-state index contributed by atoms with van der Waals surface area (Å²) < 4.78 is 0. The molecule has 0 radical (unpaired) electrons. The summed E-state index contributed by atoms with van der Waals surface area (Å²) in [5, 5.41) is 10.4. The lowest BCUT2D eigenvalue weighted by molar-refractivity contribution is 0.0715. The van der Waals surface area contributed by atoms with Crippen molar-refractivity contribution in [1.82, 2.24) is 9.88 Å². The first-order chi connectivity index (χ1) is 13.0. The molecule has 4 rings (SSSR count). The van der Waals surface area contributed by atoms with E-state index in [1.807, 2.05) is 49.1 Å². The second-order valence-corrected chi connectivity index (χ2v) is 7.49. The second-order valence-electron chi connectivity index (χ2n) is 7.49. The number of benzene rings is 2. The molecule has 0 atom stereocenters. The highest BCUT2D eigenvalue weighted by Gasteiger charge is 2.26. The lowest BCUT2D eigenvalue weighted by atomic mass is 9.89. The third-order valence-corrected chi connectivity index (χ3v) is 5.47. The van der Waals surface area contributed by atoms with Crippen LogP contribution in [0.1, 0.15) is 45.9 Å². The Morgan fingerprint density at radius 2 is 1.74 bits per heavy atom. The van der Waals surface area contributed by atoms with Gasteiger partial charge in [-0.2, -0.15) is 0 Å². The first-order valence-electron chi connectivity index (χ1n) is 9.47. The van der Waals surface area contributed by atoms with E-state index in [0.29, 0.717) is 11.7 Å².